The molecule has 0 atom stereocenters. The number of carbonyl (C=O) groups excluding carboxylic acids is 1. The van der Waals surface area contributed by atoms with Gasteiger partial charge in [-0.05, 0) is 40.9 Å². The summed E-state index contributed by atoms with van der Waals surface area (Å²) < 4.78 is 0. The SMILES string of the molecule is CC1CCC(c2ccc(C(=O)N=[N+]=[N-])cc2)CC1. The van der Waals surface area contributed by atoms with Crippen molar-refractivity contribution in [2.75, 3.05) is 0 Å². The van der Waals surface area contributed by atoms with Gasteiger partial charge in [0.2, 0.25) is 5.91 Å². The van der Waals surface area contributed by atoms with Gasteiger partial charge < -0.3 is 0 Å². The van der Waals surface area contributed by atoms with E-state index >= 15 is 0 Å². The summed E-state index contributed by atoms with van der Waals surface area (Å²) in [4.78, 5) is 13.9. The van der Waals surface area contributed by atoms with Crippen LogP contribution in [0.4, 0.5) is 0 Å². The number of hydrogen-bond donors (Lipinski definition) is 0. The van der Waals surface area contributed by atoms with Crippen LogP contribution in [0.1, 0.15) is 54.4 Å². The lowest BCUT2D eigenvalue weighted by atomic mass is 9.79. The molecule has 0 saturated heterocycles. The molecule has 94 valence electrons. The van der Waals surface area contributed by atoms with Gasteiger partial charge in [0.1, 0.15) is 0 Å². The van der Waals surface area contributed by atoms with E-state index in [0.29, 0.717) is 11.5 Å². The highest BCUT2D eigenvalue weighted by Crippen LogP contribution is 2.35. The number of benzene rings is 1. The third-order valence-corrected chi connectivity index (χ3v) is 3.78. The van der Waals surface area contributed by atoms with Crippen molar-refractivity contribution in [1.29, 1.82) is 0 Å². The standard InChI is InChI=1S/C14H17N3O/c1-10-2-4-11(5-3-10)12-6-8-13(9-7-12)14(18)16-17-15/h6-11H,2-5H2,1H3. The van der Waals surface area contributed by atoms with Gasteiger partial charge >= 0.3 is 0 Å². The lowest BCUT2D eigenvalue weighted by Crippen LogP contribution is -2.10. The normalized spacial score (nSPS) is 23.2. The molecule has 1 amide bonds. The first-order valence-corrected chi connectivity index (χ1v) is 6.40. The number of carbonyl (C=O) groups is 1. The maximum Gasteiger partial charge on any atom is 0.249 e. The van der Waals surface area contributed by atoms with E-state index in [4.69, 9.17) is 5.53 Å². The van der Waals surface area contributed by atoms with Crippen LogP contribution in [0.5, 0.6) is 0 Å². The Bertz CT molecular complexity index is 466. The molecule has 0 radical (unpaired) electrons. The first-order chi connectivity index (χ1) is 8.70. The topological polar surface area (TPSA) is 65.8 Å². The van der Waals surface area contributed by atoms with Gasteiger partial charge in [0.25, 0.3) is 0 Å². The Hall–Kier alpha value is -1.80. The molecule has 1 aliphatic rings. The van der Waals surface area contributed by atoms with Crippen LogP contribution in [-0.4, -0.2) is 5.91 Å². The molecule has 4 heteroatoms. The van der Waals surface area contributed by atoms with Crippen molar-refractivity contribution in [3.8, 4) is 0 Å². The van der Waals surface area contributed by atoms with Gasteiger partial charge in [0, 0.05) is 10.5 Å². The molecule has 0 spiro atoms. The van der Waals surface area contributed by atoms with Crippen LogP contribution < -0.4 is 0 Å². The first-order valence-electron chi connectivity index (χ1n) is 6.40. The van der Waals surface area contributed by atoms with Crippen LogP contribution in [0.25, 0.3) is 10.4 Å². The summed E-state index contributed by atoms with van der Waals surface area (Å²) in [6.07, 6.45) is 5.02. The van der Waals surface area contributed by atoms with E-state index in [2.05, 4.69) is 16.9 Å². The van der Waals surface area contributed by atoms with E-state index in [9.17, 15) is 4.79 Å². The minimum Gasteiger partial charge on any atom is -0.287 e. The molecule has 0 N–H and O–H groups in total. The number of azide groups is 1. The van der Waals surface area contributed by atoms with Crippen molar-refractivity contribution < 1.29 is 4.79 Å². The number of nitrogens with zero attached hydrogens (tertiary/aromatic N) is 3. The Morgan fingerprint density at radius 2 is 1.83 bits per heavy atom. The van der Waals surface area contributed by atoms with Crippen LogP contribution in [-0.2, 0) is 0 Å². The Labute approximate surface area is 107 Å². The maximum absolute atomic E-state index is 11.4. The summed E-state index contributed by atoms with van der Waals surface area (Å²) in [5.74, 6) is 0.943. The monoisotopic (exact) mass is 243 g/mol. The van der Waals surface area contributed by atoms with Gasteiger partial charge in [0.05, 0.1) is 0 Å². The predicted octanol–water partition coefficient (Wildman–Crippen LogP) is 4.43. The third kappa shape index (κ3) is 2.90. The third-order valence-electron chi connectivity index (χ3n) is 3.78. The molecule has 1 aliphatic carbocycles. The average molecular weight is 243 g/mol. The van der Waals surface area contributed by atoms with Crippen molar-refractivity contribution in [2.45, 2.75) is 38.5 Å². The fourth-order valence-electron chi connectivity index (χ4n) is 2.59. The van der Waals surface area contributed by atoms with E-state index < -0.39 is 5.91 Å². The summed E-state index contributed by atoms with van der Waals surface area (Å²) in [5.41, 5.74) is 9.97. The molecule has 0 aromatic heterocycles. The average Bonchev–Trinajstić information content (AvgIpc) is 2.40. The molecule has 0 bridgehead atoms. The second-order valence-electron chi connectivity index (χ2n) is 5.07. The van der Waals surface area contributed by atoms with E-state index in [1.165, 1.54) is 31.2 Å². The summed E-state index contributed by atoms with van der Waals surface area (Å²) in [7, 11) is 0. The summed E-state index contributed by atoms with van der Waals surface area (Å²) in [6.45, 7) is 2.30. The molecule has 1 aromatic carbocycles. The van der Waals surface area contributed by atoms with Crippen LogP contribution in [0, 0.1) is 5.92 Å². The fourth-order valence-corrected chi connectivity index (χ4v) is 2.59. The Morgan fingerprint density at radius 1 is 1.22 bits per heavy atom. The van der Waals surface area contributed by atoms with E-state index in [1.807, 2.05) is 12.1 Å². The lowest BCUT2D eigenvalue weighted by Gasteiger charge is -2.26. The largest absolute Gasteiger partial charge is 0.287 e. The van der Waals surface area contributed by atoms with E-state index in [-0.39, 0.29) is 0 Å². The van der Waals surface area contributed by atoms with E-state index in [1.54, 1.807) is 12.1 Å². The van der Waals surface area contributed by atoms with Crippen LogP contribution in [0.3, 0.4) is 0 Å². The number of hydrogen-bond acceptors (Lipinski definition) is 1. The second-order valence-corrected chi connectivity index (χ2v) is 5.07. The molecule has 1 aromatic rings. The zero-order chi connectivity index (χ0) is 13.0. The molecular formula is C14H17N3O. The molecular weight excluding hydrogens is 226 g/mol. The fraction of sp³-hybridized carbons (Fsp3) is 0.500. The Morgan fingerprint density at radius 3 is 2.39 bits per heavy atom. The zero-order valence-corrected chi connectivity index (χ0v) is 10.5. The first kappa shape index (κ1) is 12.7. The molecule has 18 heavy (non-hydrogen) atoms. The van der Waals surface area contributed by atoms with Crippen molar-refractivity contribution >= 4 is 5.91 Å². The molecule has 4 nitrogen and oxygen atoms in total. The van der Waals surface area contributed by atoms with Gasteiger partial charge in [-0.25, -0.2) is 0 Å². The molecule has 2 rings (SSSR count). The highest BCUT2D eigenvalue weighted by Gasteiger charge is 2.19. The lowest BCUT2D eigenvalue weighted by molar-refractivity contribution is 0.100. The van der Waals surface area contributed by atoms with Crippen molar-refractivity contribution in [3.63, 3.8) is 0 Å². The minimum absolute atomic E-state index is 0.459. The van der Waals surface area contributed by atoms with Gasteiger partial charge in [-0.2, -0.15) is 0 Å². The van der Waals surface area contributed by atoms with Crippen LogP contribution >= 0.6 is 0 Å². The van der Waals surface area contributed by atoms with Crippen molar-refractivity contribution in [1.82, 2.24) is 0 Å². The predicted molar refractivity (Wildman–Crippen MR) is 70.3 cm³/mol. The summed E-state index contributed by atoms with van der Waals surface area (Å²) >= 11 is 0. The van der Waals surface area contributed by atoms with Crippen molar-refractivity contribution in [3.05, 3.63) is 45.8 Å². The van der Waals surface area contributed by atoms with Gasteiger partial charge in [-0.1, -0.05) is 44.0 Å². The van der Waals surface area contributed by atoms with Crippen LogP contribution in [0.15, 0.2) is 29.4 Å². The molecule has 0 heterocycles. The highest BCUT2D eigenvalue weighted by molar-refractivity contribution is 5.94. The molecule has 1 fully saturated rings. The summed E-state index contributed by atoms with van der Waals surface area (Å²) in [6, 6.07) is 7.48. The number of amides is 1. The highest BCUT2D eigenvalue weighted by atomic mass is 16.1. The van der Waals surface area contributed by atoms with E-state index in [0.717, 1.165) is 5.92 Å². The van der Waals surface area contributed by atoms with Gasteiger partial charge in [-0.15, -0.1) is 0 Å². The summed E-state index contributed by atoms with van der Waals surface area (Å²) in [5, 5.41) is 3.09. The zero-order valence-electron chi connectivity index (χ0n) is 10.5. The van der Waals surface area contributed by atoms with Crippen molar-refractivity contribution in [2.24, 2.45) is 11.0 Å². The smallest absolute Gasteiger partial charge is 0.249 e. The Balaban J connectivity index is 2.08. The molecule has 0 aliphatic heterocycles. The molecule has 1 saturated carbocycles. The van der Waals surface area contributed by atoms with Gasteiger partial charge in [0.15, 0.2) is 0 Å². The maximum atomic E-state index is 11.4. The quantitative estimate of drug-likeness (QED) is 0.430. The van der Waals surface area contributed by atoms with Crippen LogP contribution in [0.2, 0.25) is 0 Å². The van der Waals surface area contributed by atoms with Gasteiger partial charge in [-0.3, -0.25) is 4.79 Å². The Kier molecular flexibility index (Phi) is 4.00. The minimum atomic E-state index is -0.513. The number of rotatable bonds is 2. The second kappa shape index (κ2) is 5.69. The molecule has 0 unspecified atom stereocenters.